The van der Waals surface area contributed by atoms with Crippen molar-refractivity contribution >= 4 is 28.6 Å². The van der Waals surface area contributed by atoms with Gasteiger partial charge in [-0.1, -0.05) is 50.3 Å². The first-order chi connectivity index (χ1) is 18.7. The Morgan fingerprint density at radius 3 is 2.74 bits per heavy atom. The summed E-state index contributed by atoms with van der Waals surface area (Å²) in [6.45, 7) is 8.32. The second-order valence-electron chi connectivity index (χ2n) is 12.7. The first kappa shape index (κ1) is 24.8. The number of para-hydroxylation sites is 1. The van der Waals surface area contributed by atoms with Crippen LogP contribution in [0.1, 0.15) is 46.1 Å². The normalized spacial score (nSPS) is 45.1. The van der Waals surface area contributed by atoms with Crippen molar-refractivity contribution in [2.45, 2.75) is 70.8 Å². The van der Waals surface area contributed by atoms with E-state index in [4.69, 9.17) is 9.47 Å². The predicted molar refractivity (Wildman–Crippen MR) is 145 cm³/mol. The van der Waals surface area contributed by atoms with Gasteiger partial charge in [0.15, 0.2) is 5.78 Å². The van der Waals surface area contributed by atoms with Crippen molar-refractivity contribution in [2.75, 3.05) is 0 Å². The van der Waals surface area contributed by atoms with Crippen LogP contribution in [-0.4, -0.2) is 46.5 Å². The molecule has 4 heterocycles. The maximum absolute atomic E-state index is 14.9. The van der Waals surface area contributed by atoms with E-state index in [1.165, 1.54) is 0 Å². The van der Waals surface area contributed by atoms with Gasteiger partial charge < -0.3 is 19.8 Å². The number of rotatable bonds is 2. The van der Waals surface area contributed by atoms with Crippen molar-refractivity contribution < 1.29 is 23.9 Å². The summed E-state index contributed by atoms with van der Waals surface area (Å²) in [5, 5.41) is 4.44. The Morgan fingerprint density at radius 1 is 1.13 bits per heavy atom. The number of Topliss-reactive ketones (excluding diaryl/α,β-unsaturated/α-hetero) is 1. The minimum absolute atomic E-state index is 0.00549. The molecule has 2 aromatic rings. The fourth-order valence-corrected chi connectivity index (χ4v) is 8.56. The van der Waals surface area contributed by atoms with Crippen LogP contribution in [-0.2, 0) is 30.3 Å². The Labute approximate surface area is 228 Å². The summed E-state index contributed by atoms with van der Waals surface area (Å²) in [6, 6.07) is 7.91. The second kappa shape index (κ2) is 8.40. The lowest BCUT2D eigenvalue weighted by atomic mass is 9.50. The highest BCUT2D eigenvalue weighted by molar-refractivity contribution is 6.11. The van der Waals surface area contributed by atoms with Gasteiger partial charge in [-0.15, -0.1) is 0 Å². The van der Waals surface area contributed by atoms with Crippen LogP contribution in [0.3, 0.4) is 0 Å². The molecule has 0 radical (unpaired) electrons. The van der Waals surface area contributed by atoms with Crippen molar-refractivity contribution in [1.29, 1.82) is 0 Å². The number of ether oxygens (including phenoxy) is 2. The van der Waals surface area contributed by atoms with E-state index in [2.05, 4.69) is 55.4 Å². The molecule has 1 amide bonds. The molecule has 204 valence electrons. The van der Waals surface area contributed by atoms with Crippen molar-refractivity contribution in [3.8, 4) is 0 Å². The van der Waals surface area contributed by atoms with E-state index < -0.39 is 29.0 Å². The molecule has 39 heavy (non-hydrogen) atoms. The van der Waals surface area contributed by atoms with Crippen LogP contribution in [0.4, 0.5) is 0 Å². The third-order valence-electron chi connectivity index (χ3n) is 10.6. The number of nitrogens with one attached hydrogen (secondary N) is 2. The van der Waals surface area contributed by atoms with E-state index in [0.717, 1.165) is 28.5 Å². The van der Waals surface area contributed by atoms with Gasteiger partial charge in [-0.3, -0.25) is 14.4 Å². The lowest BCUT2D eigenvalue weighted by Crippen LogP contribution is -2.60. The fourth-order valence-electron chi connectivity index (χ4n) is 8.56. The number of aromatic nitrogens is 1. The molecule has 1 saturated carbocycles. The summed E-state index contributed by atoms with van der Waals surface area (Å²) in [6.07, 6.45) is 8.85. The van der Waals surface area contributed by atoms with Crippen LogP contribution >= 0.6 is 0 Å². The van der Waals surface area contributed by atoms with E-state index in [9.17, 15) is 14.4 Å². The summed E-state index contributed by atoms with van der Waals surface area (Å²) in [4.78, 5) is 45.3. The molecule has 7 heteroatoms. The first-order valence-corrected chi connectivity index (χ1v) is 14.3. The zero-order valence-corrected chi connectivity index (χ0v) is 22.9. The minimum atomic E-state index is -1.32. The lowest BCUT2D eigenvalue weighted by Gasteiger charge is -2.47. The number of esters is 1. The van der Waals surface area contributed by atoms with Gasteiger partial charge in [0.05, 0.1) is 24.0 Å². The lowest BCUT2D eigenvalue weighted by molar-refractivity contribution is -0.152. The second-order valence-corrected chi connectivity index (χ2v) is 12.7. The van der Waals surface area contributed by atoms with E-state index in [1.807, 2.05) is 31.3 Å². The molecule has 2 aliphatic carbocycles. The minimum Gasteiger partial charge on any atom is -0.457 e. The van der Waals surface area contributed by atoms with Gasteiger partial charge >= 0.3 is 5.97 Å². The third kappa shape index (κ3) is 3.35. The molecule has 7 nitrogen and oxygen atoms in total. The van der Waals surface area contributed by atoms with E-state index >= 15 is 0 Å². The van der Waals surface area contributed by atoms with Crippen LogP contribution in [0, 0.1) is 35.0 Å². The third-order valence-corrected chi connectivity index (χ3v) is 10.6. The molecule has 4 fully saturated rings. The quantitative estimate of drug-likeness (QED) is 0.262. The molecule has 3 saturated heterocycles. The van der Waals surface area contributed by atoms with Crippen LogP contribution in [0.25, 0.3) is 10.9 Å². The Hall–Kier alpha value is -3.19. The number of carbonyl (C=O) groups is 3. The zero-order valence-electron chi connectivity index (χ0n) is 22.9. The van der Waals surface area contributed by atoms with Crippen LogP contribution in [0.5, 0.6) is 0 Å². The average molecular weight is 529 g/mol. The molecular formula is C32H36N2O5. The summed E-state index contributed by atoms with van der Waals surface area (Å²) >= 11 is 0. The SMILES string of the molecule is C/C1=C\[C@@H](C)C/C=C/[C@H]2[C@@H]3O[C@]3(C)[C@@H](C)[C@H]3[C@H](Cc4c[nH]c5ccccc45)NC(=O)[C@]32C(=O)[C@@H]2CC(=O)O[C@H]12. The number of ketones is 1. The number of aromatic amines is 1. The van der Waals surface area contributed by atoms with E-state index in [-0.39, 0.29) is 54.0 Å². The largest absolute Gasteiger partial charge is 0.457 e. The van der Waals surface area contributed by atoms with E-state index in [1.54, 1.807) is 0 Å². The molecule has 5 aliphatic rings. The number of H-pyrrole nitrogens is 1. The standard InChI is InChI=1S/C32H36N2O5/c1-16-8-7-10-22-29-31(4,39-29)18(3)26-24(13-19-15-33-23-11-6-5-9-20(19)23)34-30(37)32(22,26)28(36)21-14-25(35)38-27(21)17(2)12-16/h5-7,9-12,15-16,18,21-22,24,26-27,29,33H,8,13-14H2,1-4H3,(H,34,37)/b10-7+,17-12+/t16-,18-,21+,22-,24-,26-,27+,29-,31+,32-/m0/s1. The fraction of sp³-hybridized carbons (Fsp3) is 0.531. The predicted octanol–water partition coefficient (Wildman–Crippen LogP) is 4.28. The molecule has 0 unspecified atom stereocenters. The van der Waals surface area contributed by atoms with Crippen LogP contribution < -0.4 is 5.32 Å². The Balaban J connectivity index is 1.38. The molecular weight excluding hydrogens is 492 g/mol. The molecule has 3 aliphatic heterocycles. The summed E-state index contributed by atoms with van der Waals surface area (Å²) in [5.41, 5.74) is 1.32. The van der Waals surface area contributed by atoms with Crippen molar-refractivity contribution in [2.24, 2.45) is 35.0 Å². The topological polar surface area (TPSA) is 101 Å². The summed E-state index contributed by atoms with van der Waals surface area (Å²) in [5.74, 6) is -1.97. The number of benzene rings is 1. The maximum Gasteiger partial charge on any atom is 0.307 e. The smallest absolute Gasteiger partial charge is 0.307 e. The number of fused-ring (bicyclic) bond motifs is 4. The molecule has 0 bridgehead atoms. The summed E-state index contributed by atoms with van der Waals surface area (Å²) < 4.78 is 12.2. The van der Waals surface area contributed by atoms with Crippen molar-refractivity contribution in [3.05, 3.63) is 59.8 Å². The molecule has 1 spiro atoms. The highest BCUT2D eigenvalue weighted by Gasteiger charge is 2.79. The number of epoxide rings is 1. The van der Waals surface area contributed by atoms with Gasteiger partial charge in [-0.2, -0.15) is 0 Å². The molecule has 2 N–H and O–H groups in total. The summed E-state index contributed by atoms with van der Waals surface area (Å²) in [7, 11) is 0. The number of carbonyl (C=O) groups excluding carboxylic acids is 3. The van der Waals surface area contributed by atoms with Crippen LogP contribution in [0.15, 0.2) is 54.3 Å². The van der Waals surface area contributed by atoms with Crippen molar-refractivity contribution in [1.82, 2.24) is 10.3 Å². The monoisotopic (exact) mass is 528 g/mol. The molecule has 1 aromatic carbocycles. The highest BCUT2D eigenvalue weighted by Crippen LogP contribution is 2.66. The van der Waals surface area contributed by atoms with Gasteiger partial charge in [0.1, 0.15) is 11.5 Å². The van der Waals surface area contributed by atoms with Gasteiger partial charge in [-0.25, -0.2) is 0 Å². The molecule has 10 atom stereocenters. The Bertz CT molecular complexity index is 1460. The number of allylic oxidation sites excluding steroid dienone is 2. The Kier molecular flexibility index (Phi) is 5.35. The molecule has 7 rings (SSSR count). The number of amides is 1. The maximum atomic E-state index is 14.9. The number of hydrogen-bond acceptors (Lipinski definition) is 5. The highest BCUT2D eigenvalue weighted by atomic mass is 16.6. The van der Waals surface area contributed by atoms with Gasteiger partial charge in [0.2, 0.25) is 5.91 Å². The average Bonchev–Trinajstić information content (AvgIpc) is 3.17. The Morgan fingerprint density at radius 2 is 1.92 bits per heavy atom. The first-order valence-electron chi connectivity index (χ1n) is 14.3. The van der Waals surface area contributed by atoms with Gasteiger partial charge in [0, 0.05) is 35.0 Å². The van der Waals surface area contributed by atoms with Gasteiger partial charge in [0.25, 0.3) is 0 Å². The van der Waals surface area contributed by atoms with E-state index in [0.29, 0.717) is 6.42 Å². The van der Waals surface area contributed by atoms with Crippen LogP contribution in [0.2, 0.25) is 0 Å². The zero-order chi connectivity index (χ0) is 27.3. The number of hydrogen-bond donors (Lipinski definition) is 2. The van der Waals surface area contributed by atoms with Gasteiger partial charge in [-0.05, 0) is 55.7 Å². The van der Waals surface area contributed by atoms with Crippen molar-refractivity contribution in [3.63, 3.8) is 0 Å². The molecule has 1 aromatic heterocycles.